The first-order valence-corrected chi connectivity index (χ1v) is 9.04. The van der Waals surface area contributed by atoms with Crippen molar-refractivity contribution in [1.29, 1.82) is 0 Å². The minimum absolute atomic E-state index is 0.0977. The number of benzene rings is 1. The van der Waals surface area contributed by atoms with Gasteiger partial charge < -0.3 is 9.64 Å². The zero-order chi connectivity index (χ0) is 19.0. The summed E-state index contributed by atoms with van der Waals surface area (Å²) in [4.78, 5) is 30.6. The molecule has 0 fully saturated rings. The van der Waals surface area contributed by atoms with Crippen molar-refractivity contribution in [2.75, 3.05) is 7.11 Å². The van der Waals surface area contributed by atoms with E-state index < -0.39 is 0 Å². The number of ether oxygens (including phenoxy) is 1. The molecule has 2 atom stereocenters. The van der Waals surface area contributed by atoms with E-state index in [2.05, 4.69) is 17.1 Å². The molecule has 0 radical (unpaired) electrons. The number of aromatic nitrogens is 2. The van der Waals surface area contributed by atoms with Crippen LogP contribution in [0.4, 0.5) is 0 Å². The summed E-state index contributed by atoms with van der Waals surface area (Å²) in [6, 6.07) is 15.0. The Bertz CT molecular complexity index is 1070. The SMILES string of the molecule is COC(=O)[C@H]1Cc2ccccc2C[NH+]1Cc1cc(=O)n2c(C)cccc2n1. The number of rotatable bonds is 3. The first-order valence-electron chi connectivity index (χ1n) is 9.04. The minimum Gasteiger partial charge on any atom is -0.465 e. The lowest BCUT2D eigenvalue weighted by molar-refractivity contribution is -0.946. The molecule has 4 rings (SSSR count). The summed E-state index contributed by atoms with van der Waals surface area (Å²) in [5, 5.41) is 0. The van der Waals surface area contributed by atoms with Crippen molar-refractivity contribution >= 4 is 11.6 Å². The number of carbonyl (C=O) groups is 1. The number of nitrogens with zero attached hydrogens (tertiary/aromatic N) is 2. The number of aryl methyl sites for hydroxylation is 1. The van der Waals surface area contributed by atoms with E-state index in [4.69, 9.17) is 4.74 Å². The topological polar surface area (TPSA) is 65.1 Å². The van der Waals surface area contributed by atoms with E-state index in [-0.39, 0.29) is 17.6 Å². The van der Waals surface area contributed by atoms with Gasteiger partial charge in [-0.05, 0) is 24.6 Å². The summed E-state index contributed by atoms with van der Waals surface area (Å²) < 4.78 is 6.64. The molecule has 0 saturated carbocycles. The number of hydrogen-bond donors (Lipinski definition) is 1. The van der Waals surface area contributed by atoms with Crippen molar-refractivity contribution in [1.82, 2.24) is 9.38 Å². The molecule has 138 valence electrons. The third-order valence-electron chi connectivity index (χ3n) is 5.28. The van der Waals surface area contributed by atoms with Crippen LogP contribution in [-0.4, -0.2) is 28.5 Å². The number of pyridine rings is 1. The van der Waals surface area contributed by atoms with Gasteiger partial charge in [0.1, 0.15) is 24.4 Å². The molecule has 3 aromatic rings. The van der Waals surface area contributed by atoms with Crippen molar-refractivity contribution in [2.24, 2.45) is 0 Å². The van der Waals surface area contributed by atoms with Crippen LogP contribution in [0.5, 0.6) is 0 Å². The molecule has 0 bridgehead atoms. The number of hydrogen-bond acceptors (Lipinski definition) is 4. The predicted octanol–water partition coefficient (Wildman–Crippen LogP) is 0.686. The maximum Gasteiger partial charge on any atom is 0.365 e. The molecule has 6 nitrogen and oxygen atoms in total. The third kappa shape index (κ3) is 3.24. The van der Waals surface area contributed by atoms with Gasteiger partial charge in [0.15, 0.2) is 6.04 Å². The molecule has 0 saturated heterocycles. The van der Waals surface area contributed by atoms with E-state index in [1.807, 2.05) is 37.3 Å². The molecule has 3 heterocycles. The highest BCUT2D eigenvalue weighted by Gasteiger charge is 2.36. The molecule has 27 heavy (non-hydrogen) atoms. The lowest BCUT2D eigenvalue weighted by Gasteiger charge is -2.31. The van der Waals surface area contributed by atoms with Crippen LogP contribution in [0.25, 0.3) is 5.65 Å². The number of nitrogens with one attached hydrogen (secondary N) is 1. The zero-order valence-electron chi connectivity index (χ0n) is 15.4. The van der Waals surface area contributed by atoms with Gasteiger partial charge >= 0.3 is 5.97 Å². The lowest BCUT2D eigenvalue weighted by Crippen LogP contribution is -3.15. The summed E-state index contributed by atoms with van der Waals surface area (Å²) >= 11 is 0. The van der Waals surface area contributed by atoms with Gasteiger partial charge in [-0.2, -0.15) is 0 Å². The Morgan fingerprint density at radius 1 is 1.22 bits per heavy atom. The standard InChI is InChI=1S/C21H21N3O3/c1-14-6-5-9-19-22-17(11-20(25)24(14)19)13-23-12-16-8-4-3-7-15(16)10-18(23)21(26)27-2/h3-9,11,18H,10,12-13H2,1-2H3/p+1/t18-/m1/s1. The Labute approximate surface area is 157 Å². The maximum atomic E-state index is 12.6. The highest BCUT2D eigenvalue weighted by Crippen LogP contribution is 2.15. The van der Waals surface area contributed by atoms with Crippen LogP contribution >= 0.6 is 0 Å². The molecular weight excluding hydrogens is 342 g/mol. The smallest absolute Gasteiger partial charge is 0.365 e. The molecule has 1 aliphatic rings. The van der Waals surface area contributed by atoms with E-state index in [9.17, 15) is 9.59 Å². The van der Waals surface area contributed by atoms with Gasteiger partial charge in [0.25, 0.3) is 5.56 Å². The first-order chi connectivity index (χ1) is 13.1. The Hall–Kier alpha value is -2.99. The molecule has 2 aromatic heterocycles. The fourth-order valence-electron chi connectivity index (χ4n) is 3.93. The van der Waals surface area contributed by atoms with Gasteiger partial charge in [-0.1, -0.05) is 30.3 Å². The van der Waals surface area contributed by atoms with Crippen molar-refractivity contribution in [3.63, 3.8) is 0 Å². The van der Waals surface area contributed by atoms with E-state index >= 15 is 0 Å². The molecule has 0 spiro atoms. The summed E-state index contributed by atoms with van der Waals surface area (Å²) in [5.74, 6) is -0.229. The third-order valence-corrected chi connectivity index (χ3v) is 5.28. The summed E-state index contributed by atoms with van der Waals surface area (Å²) in [5.41, 5.74) is 4.47. The summed E-state index contributed by atoms with van der Waals surface area (Å²) in [6.07, 6.45) is 0.629. The highest BCUT2D eigenvalue weighted by molar-refractivity contribution is 5.74. The average molecular weight is 364 g/mol. The van der Waals surface area contributed by atoms with Gasteiger partial charge in [-0.25, -0.2) is 9.78 Å². The average Bonchev–Trinajstić information content (AvgIpc) is 2.66. The zero-order valence-corrected chi connectivity index (χ0v) is 15.4. The van der Waals surface area contributed by atoms with Gasteiger partial charge in [-0.3, -0.25) is 9.20 Å². The molecule has 1 aliphatic heterocycles. The maximum absolute atomic E-state index is 12.6. The number of quaternary nitrogens is 1. The molecule has 0 aliphatic carbocycles. The quantitative estimate of drug-likeness (QED) is 0.695. The van der Waals surface area contributed by atoms with Gasteiger partial charge in [0, 0.05) is 23.7 Å². The number of carbonyl (C=O) groups excluding carboxylic acids is 1. The predicted molar refractivity (Wildman–Crippen MR) is 101 cm³/mol. The second kappa shape index (κ2) is 6.96. The Morgan fingerprint density at radius 3 is 2.78 bits per heavy atom. The van der Waals surface area contributed by atoms with E-state index in [1.165, 1.54) is 18.2 Å². The largest absolute Gasteiger partial charge is 0.465 e. The normalized spacial score (nSPS) is 18.9. The highest BCUT2D eigenvalue weighted by atomic mass is 16.5. The van der Waals surface area contributed by atoms with Gasteiger partial charge in [-0.15, -0.1) is 0 Å². The second-order valence-electron chi connectivity index (χ2n) is 7.01. The molecule has 1 aromatic carbocycles. The van der Waals surface area contributed by atoms with Crippen LogP contribution in [0.1, 0.15) is 22.5 Å². The molecule has 1 N–H and O–H groups in total. The summed E-state index contributed by atoms with van der Waals surface area (Å²) in [7, 11) is 1.42. The molecular formula is C21H22N3O3+. The van der Waals surface area contributed by atoms with E-state index in [1.54, 1.807) is 10.5 Å². The van der Waals surface area contributed by atoms with Crippen LogP contribution in [0.2, 0.25) is 0 Å². The van der Waals surface area contributed by atoms with E-state index in [0.717, 1.165) is 10.6 Å². The number of fused-ring (bicyclic) bond motifs is 2. The van der Waals surface area contributed by atoms with Crippen LogP contribution < -0.4 is 10.5 Å². The monoisotopic (exact) mass is 364 g/mol. The van der Waals surface area contributed by atoms with Crippen molar-refractivity contribution < 1.29 is 14.4 Å². The van der Waals surface area contributed by atoms with Crippen LogP contribution in [-0.2, 0) is 29.0 Å². The van der Waals surface area contributed by atoms with Gasteiger partial charge in [0.05, 0.1) is 7.11 Å². The van der Waals surface area contributed by atoms with Crippen molar-refractivity contribution in [3.05, 3.63) is 81.4 Å². The molecule has 6 heteroatoms. The van der Waals surface area contributed by atoms with Crippen LogP contribution in [0.3, 0.4) is 0 Å². The van der Waals surface area contributed by atoms with Crippen LogP contribution in [0, 0.1) is 6.92 Å². The number of esters is 1. The van der Waals surface area contributed by atoms with Gasteiger partial charge in [0.2, 0.25) is 0 Å². The number of methoxy groups -OCH3 is 1. The second-order valence-corrected chi connectivity index (χ2v) is 7.01. The van der Waals surface area contributed by atoms with Crippen molar-refractivity contribution in [3.8, 4) is 0 Å². The fraction of sp³-hybridized carbons (Fsp3) is 0.286. The fourth-order valence-corrected chi connectivity index (χ4v) is 3.93. The molecule has 1 unspecified atom stereocenters. The minimum atomic E-state index is -0.303. The van der Waals surface area contributed by atoms with E-state index in [0.29, 0.717) is 30.9 Å². The molecule has 0 amide bonds. The van der Waals surface area contributed by atoms with Crippen LogP contribution in [0.15, 0.2) is 53.3 Å². The Morgan fingerprint density at radius 2 is 2.00 bits per heavy atom. The Kier molecular flexibility index (Phi) is 4.49. The van der Waals surface area contributed by atoms with Crippen molar-refractivity contribution in [2.45, 2.75) is 32.5 Å². The summed E-state index contributed by atoms with van der Waals surface area (Å²) in [6.45, 7) is 3.08. The Balaban J connectivity index is 1.70. The first kappa shape index (κ1) is 17.4. The lowest BCUT2D eigenvalue weighted by atomic mass is 9.94.